The number of hydrogen-bond acceptors (Lipinski definition) is 4. The molecule has 2 N–H and O–H groups in total. The van der Waals surface area contributed by atoms with Gasteiger partial charge in [-0.3, -0.25) is 0 Å². The lowest BCUT2D eigenvalue weighted by Gasteiger charge is -2.16. The third-order valence-electron chi connectivity index (χ3n) is 1.88. The van der Waals surface area contributed by atoms with Crippen LogP contribution in [0, 0.1) is 5.92 Å². The molecular weight excluding hydrogens is 182 g/mol. The molecule has 1 heterocycles. The lowest BCUT2D eigenvalue weighted by atomic mass is 10.1. The molecule has 0 fully saturated rings. The van der Waals surface area contributed by atoms with Crippen LogP contribution in [0.5, 0.6) is 0 Å². The van der Waals surface area contributed by atoms with Crippen LogP contribution in [-0.2, 0) is 0 Å². The zero-order valence-electron chi connectivity index (χ0n) is 8.45. The Kier molecular flexibility index (Phi) is 3.54. The highest BCUT2D eigenvalue weighted by molar-refractivity contribution is 7.14. The van der Waals surface area contributed by atoms with E-state index in [0.717, 1.165) is 17.6 Å². The summed E-state index contributed by atoms with van der Waals surface area (Å²) in [6, 6.07) is 0. The van der Waals surface area contributed by atoms with Gasteiger partial charge in [0.2, 0.25) is 0 Å². The van der Waals surface area contributed by atoms with Gasteiger partial charge in [-0.2, -0.15) is 0 Å². The Morgan fingerprint density at radius 2 is 2.31 bits per heavy atom. The smallest absolute Gasteiger partial charge is 0.187 e. The fourth-order valence-corrected chi connectivity index (χ4v) is 1.71. The van der Waals surface area contributed by atoms with Crippen LogP contribution < -0.4 is 10.6 Å². The molecule has 1 rings (SSSR count). The second-order valence-corrected chi connectivity index (χ2v) is 4.50. The van der Waals surface area contributed by atoms with Gasteiger partial charge in [0, 0.05) is 19.0 Å². The largest absolute Gasteiger partial charge is 0.383 e. The van der Waals surface area contributed by atoms with Crippen LogP contribution in [-0.4, -0.2) is 18.6 Å². The molecule has 0 radical (unpaired) electrons. The Morgan fingerprint density at radius 3 is 2.77 bits per heavy atom. The van der Waals surface area contributed by atoms with E-state index in [9.17, 15) is 0 Å². The summed E-state index contributed by atoms with van der Waals surface area (Å²) in [4.78, 5) is 6.36. The Bertz CT molecular complexity index is 257. The molecule has 0 amide bonds. The van der Waals surface area contributed by atoms with Crippen molar-refractivity contribution in [2.24, 2.45) is 5.92 Å². The zero-order valence-corrected chi connectivity index (χ0v) is 9.27. The molecule has 1 aromatic heterocycles. The van der Waals surface area contributed by atoms with Crippen molar-refractivity contribution in [3.05, 3.63) is 5.38 Å². The Balaban J connectivity index is 2.44. The summed E-state index contributed by atoms with van der Waals surface area (Å²) in [6.45, 7) is 5.50. The first kappa shape index (κ1) is 10.3. The van der Waals surface area contributed by atoms with Gasteiger partial charge in [-0.1, -0.05) is 13.8 Å². The summed E-state index contributed by atoms with van der Waals surface area (Å²) >= 11 is 1.60. The number of thiazole rings is 1. The lowest BCUT2D eigenvalue weighted by Crippen LogP contribution is -2.19. The summed E-state index contributed by atoms with van der Waals surface area (Å²) in [5, 5.41) is 2.89. The minimum absolute atomic E-state index is 0.622. The molecule has 3 nitrogen and oxygen atoms in total. The average Bonchev–Trinajstić information content (AvgIpc) is 2.47. The zero-order chi connectivity index (χ0) is 9.84. The van der Waals surface area contributed by atoms with Gasteiger partial charge in [0.25, 0.3) is 0 Å². The first-order valence-corrected chi connectivity index (χ1v) is 5.39. The first-order chi connectivity index (χ1) is 6.09. The number of nitrogens with zero attached hydrogens (tertiary/aromatic N) is 2. The van der Waals surface area contributed by atoms with Crippen molar-refractivity contribution in [3.63, 3.8) is 0 Å². The third-order valence-corrected chi connectivity index (χ3v) is 2.85. The molecule has 0 atom stereocenters. The Hall–Kier alpha value is -0.770. The number of rotatable bonds is 4. The molecule has 0 spiro atoms. The fourth-order valence-electron chi connectivity index (χ4n) is 0.999. The molecule has 1 aromatic rings. The van der Waals surface area contributed by atoms with Crippen LogP contribution in [0.15, 0.2) is 5.38 Å². The molecule has 0 aliphatic heterocycles. The molecule has 74 valence electrons. The highest BCUT2D eigenvalue weighted by Gasteiger charge is 2.05. The third kappa shape index (κ3) is 3.22. The van der Waals surface area contributed by atoms with Crippen LogP contribution in [0.4, 0.5) is 10.9 Å². The maximum atomic E-state index is 5.54. The van der Waals surface area contributed by atoms with E-state index >= 15 is 0 Å². The van der Waals surface area contributed by atoms with E-state index in [0.29, 0.717) is 5.82 Å². The molecule has 0 saturated heterocycles. The normalized spacial score (nSPS) is 10.8. The number of anilines is 2. The van der Waals surface area contributed by atoms with Crippen molar-refractivity contribution in [2.45, 2.75) is 20.3 Å². The number of nitrogen functional groups attached to an aromatic ring is 1. The summed E-state index contributed by atoms with van der Waals surface area (Å²) in [6.07, 6.45) is 1.19. The summed E-state index contributed by atoms with van der Waals surface area (Å²) in [5.41, 5.74) is 5.54. The summed E-state index contributed by atoms with van der Waals surface area (Å²) < 4.78 is 0. The van der Waals surface area contributed by atoms with Crippen LogP contribution in [0.25, 0.3) is 0 Å². The standard InChI is InChI=1S/C9H17N3S/c1-7(2)4-5-12(3)9-11-8(10)6-13-9/h6-7H,4-5,10H2,1-3H3. The van der Waals surface area contributed by atoms with Crippen molar-refractivity contribution >= 4 is 22.3 Å². The maximum absolute atomic E-state index is 5.54. The lowest BCUT2D eigenvalue weighted by molar-refractivity contribution is 0.585. The summed E-state index contributed by atoms with van der Waals surface area (Å²) in [5.74, 6) is 1.36. The van der Waals surface area contributed by atoms with E-state index in [1.54, 1.807) is 11.3 Å². The van der Waals surface area contributed by atoms with Crippen molar-refractivity contribution in [2.75, 3.05) is 24.2 Å². The maximum Gasteiger partial charge on any atom is 0.187 e. The minimum atomic E-state index is 0.622. The number of hydrogen-bond donors (Lipinski definition) is 1. The minimum Gasteiger partial charge on any atom is -0.383 e. The molecule has 0 saturated carbocycles. The van der Waals surface area contributed by atoms with Crippen molar-refractivity contribution < 1.29 is 0 Å². The van der Waals surface area contributed by atoms with Crippen LogP contribution in [0.1, 0.15) is 20.3 Å². The molecule has 13 heavy (non-hydrogen) atoms. The molecule has 0 bridgehead atoms. The van der Waals surface area contributed by atoms with Crippen LogP contribution in [0.2, 0.25) is 0 Å². The van der Waals surface area contributed by atoms with Gasteiger partial charge in [0.1, 0.15) is 5.82 Å². The second kappa shape index (κ2) is 4.46. The number of aromatic nitrogens is 1. The predicted octanol–water partition coefficient (Wildman–Crippen LogP) is 2.21. The van der Waals surface area contributed by atoms with Crippen molar-refractivity contribution in [3.8, 4) is 0 Å². The van der Waals surface area contributed by atoms with Gasteiger partial charge in [-0.15, -0.1) is 11.3 Å². The van der Waals surface area contributed by atoms with E-state index in [1.165, 1.54) is 6.42 Å². The van der Waals surface area contributed by atoms with Gasteiger partial charge >= 0.3 is 0 Å². The van der Waals surface area contributed by atoms with Gasteiger partial charge in [0.15, 0.2) is 5.13 Å². The highest BCUT2D eigenvalue weighted by atomic mass is 32.1. The molecule has 0 aliphatic carbocycles. The quantitative estimate of drug-likeness (QED) is 0.808. The number of nitrogens with two attached hydrogens (primary N) is 1. The SMILES string of the molecule is CC(C)CCN(C)c1nc(N)cs1. The second-order valence-electron chi connectivity index (χ2n) is 3.66. The van der Waals surface area contributed by atoms with E-state index in [4.69, 9.17) is 5.73 Å². The Labute approximate surface area is 83.6 Å². The highest BCUT2D eigenvalue weighted by Crippen LogP contribution is 2.20. The van der Waals surface area contributed by atoms with E-state index in [1.807, 2.05) is 5.38 Å². The van der Waals surface area contributed by atoms with Gasteiger partial charge in [-0.25, -0.2) is 4.98 Å². The van der Waals surface area contributed by atoms with Crippen LogP contribution in [0.3, 0.4) is 0 Å². The van der Waals surface area contributed by atoms with Crippen LogP contribution >= 0.6 is 11.3 Å². The van der Waals surface area contributed by atoms with Crippen molar-refractivity contribution in [1.29, 1.82) is 0 Å². The van der Waals surface area contributed by atoms with Gasteiger partial charge in [-0.05, 0) is 12.3 Å². The summed E-state index contributed by atoms with van der Waals surface area (Å²) in [7, 11) is 2.06. The monoisotopic (exact) mass is 199 g/mol. The molecule has 0 aliphatic rings. The topological polar surface area (TPSA) is 42.2 Å². The van der Waals surface area contributed by atoms with E-state index in [-0.39, 0.29) is 0 Å². The Morgan fingerprint density at radius 1 is 1.62 bits per heavy atom. The molecule has 0 aromatic carbocycles. The fraction of sp³-hybridized carbons (Fsp3) is 0.667. The predicted molar refractivity (Wildman–Crippen MR) is 59.3 cm³/mol. The van der Waals surface area contributed by atoms with Gasteiger partial charge < -0.3 is 10.6 Å². The van der Waals surface area contributed by atoms with E-state index in [2.05, 4.69) is 30.8 Å². The molecular formula is C9H17N3S. The first-order valence-electron chi connectivity index (χ1n) is 4.51. The average molecular weight is 199 g/mol. The van der Waals surface area contributed by atoms with E-state index < -0.39 is 0 Å². The van der Waals surface area contributed by atoms with Crippen molar-refractivity contribution in [1.82, 2.24) is 4.98 Å². The molecule has 4 heteroatoms. The van der Waals surface area contributed by atoms with Gasteiger partial charge in [0.05, 0.1) is 0 Å². The molecule has 0 unspecified atom stereocenters.